The summed E-state index contributed by atoms with van der Waals surface area (Å²) >= 11 is 0. The van der Waals surface area contributed by atoms with Gasteiger partial charge in [0.1, 0.15) is 0 Å². The number of hydrogen-bond donors (Lipinski definition) is 0. The van der Waals surface area contributed by atoms with E-state index in [2.05, 4.69) is 32.9 Å². The van der Waals surface area contributed by atoms with E-state index in [4.69, 9.17) is 0 Å². The number of rotatable bonds is 6. The molecule has 3 aromatic rings. The van der Waals surface area contributed by atoms with Crippen LogP contribution in [-0.2, 0) is 0 Å². The minimum absolute atomic E-state index is 0.0318. The van der Waals surface area contributed by atoms with Crippen molar-refractivity contribution in [2.24, 2.45) is 5.92 Å². The van der Waals surface area contributed by atoms with Crippen LogP contribution in [-0.4, -0.2) is 17.9 Å². The van der Waals surface area contributed by atoms with Gasteiger partial charge in [-0.1, -0.05) is 55.8 Å². The molecule has 1 atom stereocenters. The van der Waals surface area contributed by atoms with E-state index in [1.54, 1.807) is 18.2 Å². The molecule has 3 rings (SSSR count). The van der Waals surface area contributed by atoms with Crippen molar-refractivity contribution >= 4 is 28.6 Å². The van der Waals surface area contributed by atoms with Crippen LogP contribution in [0.15, 0.2) is 36.4 Å². The van der Waals surface area contributed by atoms with Crippen LogP contribution in [0.3, 0.4) is 0 Å². The van der Waals surface area contributed by atoms with Crippen LogP contribution in [0, 0.1) is 26.7 Å². The topological polar surface area (TPSA) is 51.2 Å². The molecule has 1 unspecified atom stereocenters. The van der Waals surface area contributed by atoms with E-state index in [1.807, 2.05) is 19.9 Å². The third-order valence-corrected chi connectivity index (χ3v) is 5.97. The van der Waals surface area contributed by atoms with Gasteiger partial charge in [-0.15, -0.1) is 0 Å². The van der Waals surface area contributed by atoms with Gasteiger partial charge in [0.15, 0.2) is 17.9 Å². The smallest absolute Gasteiger partial charge is 0.166 e. The minimum atomic E-state index is -0.149. The lowest BCUT2D eigenvalue weighted by molar-refractivity contribution is 0.0927. The second-order valence-electron chi connectivity index (χ2n) is 8.23. The molecule has 3 nitrogen and oxygen atoms in total. The van der Waals surface area contributed by atoms with Crippen molar-refractivity contribution in [3.63, 3.8) is 0 Å². The van der Waals surface area contributed by atoms with Crippen molar-refractivity contribution in [2.45, 2.75) is 48.0 Å². The number of fused-ring (bicyclic) bond motifs is 1. The Labute approximate surface area is 178 Å². The summed E-state index contributed by atoms with van der Waals surface area (Å²) in [7, 11) is 0. The molecule has 3 aromatic carbocycles. The van der Waals surface area contributed by atoms with E-state index in [0.717, 1.165) is 35.0 Å². The summed E-state index contributed by atoms with van der Waals surface area (Å²) in [5, 5.41) is 1.27. The van der Waals surface area contributed by atoms with Gasteiger partial charge >= 0.3 is 0 Å². The molecule has 0 saturated carbocycles. The highest BCUT2D eigenvalue weighted by Gasteiger charge is 2.23. The standard InChI is InChI=1S/C27H28O3/c1-7-16(3)27(30)23-11-10-21(19(6)29)25-20(14-28)8-9-22(26(23)25)24-17(4)12-15(2)13-18(24)5/h8-14,16H,7H2,1-6H3. The Balaban J connectivity index is 2.57. The molecule has 30 heavy (non-hydrogen) atoms. The lowest BCUT2D eigenvalue weighted by Crippen LogP contribution is -2.12. The van der Waals surface area contributed by atoms with Gasteiger partial charge in [0.2, 0.25) is 0 Å². The van der Waals surface area contributed by atoms with E-state index in [0.29, 0.717) is 27.5 Å². The first-order valence-electron chi connectivity index (χ1n) is 10.4. The summed E-state index contributed by atoms with van der Waals surface area (Å²) in [5.74, 6) is -0.242. The van der Waals surface area contributed by atoms with Gasteiger partial charge in [0.05, 0.1) is 0 Å². The Morgan fingerprint density at radius 1 is 0.933 bits per heavy atom. The van der Waals surface area contributed by atoms with E-state index < -0.39 is 0 Å². The monoisotopic (exact) mass is 400 g/mol. The zero-order chi connectivity index (χ0) is 22.2. The summed E-state index contributed by atoms with van der Waals surface area (Å²) < 4.78 is 0. The maximum Gasteiger partial charge on any atom is 0.166 e. The molecule has 0 fully saturated rings. The van der Waals surface area contributed by atoms with Gasteiger partial charge in [-0.25, -0.2) is 0 Å². The summed E-state index contributed by atoms with van der Waals surface area (Å²) in [6.45, 7) is 11.6. The number of carbonyl (C=O) groups excluding carboxylic acids is 3. The number of hydrogen-bond acceptors (Lipinski definition) is 3. The highest BCUT2D eigenvalue weighted by Crippen LogP contribution is 2.39. The van der Waals surface area contributed by atoms with E-state index >= 15 is 0 Å². The summed E-state index contributed by atoms with van der Waals surface area (Å²) in [6, 6.07) is 11.3. The maximum absolute atomic E-state index is 13.3. The third kappa shape index (κ3) is 3.60. The van der Waals surface area contributed by atoms with Crippen molar-refractivity contribution in [3.8, 4) is 11.1 Å². The Bertz CT molecular complexity index is 1160. The zero-order valence-electron chi connectivity index (χ0n) is 18.6. The molecule has 0 saturated heterocycles. The van der Waals surface area contributed by atoms with Crippen LogP contribution < -0.4 is 0 Å². The van der Waals surface area contributed by atoms with Crippen LogP contribution >= 0.6 is 0 Å². The highest BCUT2D eigenvalue weighted by molar-refractivity contribution is 6.22. The normalized spacial score (nSPS) is 12.1. The molecule has 0 aliphatic carbocycles. The first kappa shape index (κ1) is 21.6. The van der Waals surface area contributed by atoms with E-state index in [-0.39, 0.29) is 17.5 Å². The molecule has 0 aliphatic heterocycles. The van der Waals surface area contributed by atoms with Gasteiger partial charge in [0.25, 0.3) is 0 Å². The number of ketones is 2. The van der Waals surface area contributed by atoms with E-state index in [9.17, 15) is 14.4 Å². The van der Waals surface area contributed by atoms with Crippen molar-refractivity contribution in [2.75, 3.05) is 0 Å². The Morgan fingerprint density at radius 2 is 1.53 bits per heavy atom. The molecule has 0 N–H and O–H groups in total. The quantitative estimate of drug-likeness (QED) is 0.343. The average Bonchev–Trinajstić information content (AvgIpc) is 2.70. The van der Waals surface area contributed by atoms with Gasteiger partial charge in [-0.2, -0.15) is 0 Å². The largest absolute Gasteiger partial charge is 0.298 e. The lowest BCUT2D eigenvalue weighted by atomic mass is 9.83. The fourth-order valence-electron chi connectivity index (χ4n) is 4.38. The van der Waals surface area contributed by atoms with E-state index in [1.165, 1.54) is 12.5 Å². The van der Waals surface area contributed by atoms with Crippen molar-refractivity contribution < 1.29 is 14.4 Å². The van der Waals surface area contributed by atoms with Gasteiger partial charge < -0.3 is 0 Å². The first-order valence-corrected chi connectivity index (χ1v) is 10.4. The second-order valence-corrected chi connectivity index (χ2v) is 8.23. The predicted octanol–water partition coefficient (Wildman–Crippen LogP) is 6.68. The Hall–Kier alpha value is -3.07. The van der Waals surface area contributed by atoms with Crippen LogP contribution in [0.4, 0.5) is 0 Å². The summed E-state index contributed by atoms with van der Waals surface area (Å²) in [5.41, 5.74) is 6.77. The fraction of sp³-hybridized carbons (Fsp3) is 0.296. The molecule has 0 aromatic heterocycles. The average molecular weight is 401 g/mol. The third-order valence-electron chi connectivity index (χ3n) is 5.97. The summed E-state index contributed by atoms with van der Waals surface area (Å²) in [4.78, 5) is 37.6. The SMILES string of the molecule is CCC(C)C(=O)c1ccc(C(C)=O)c2c(C=O)ccc(-c3c(C)cc(C)cc3C)c12. The zero-order valence-corrected chi connectivity index (χ0v) is 18.6. The molecule has 0 radical (unpaired) electrons. The van der Waals surface area contributed by atoms with Crippen LogP contribution in [0.2, 0.25) is 0 Å². The van der Waals surface area contributed by atoms with Crippen molar-refractivity contribution in [3.05, 3.63) is 69.8 Å². The first-order chi connectivity index (χ1) is 14.2. The van der Waals surface area contributed by atoms with Gasteiger partial charge in [0, 0.05) is 33.4 Å². The molecule has 0 aliphatic rings. The Morgan fingerprint density at radius 3 is 2.07 bits per heavy atom. The number of aryl methyl sites for hydroxylation is 3. The van der Waals surface area contributed by atoms with Gasteiger partial charge in [-0.3, -0.25) is 14.4 Å². The molecule has 3 heteroatoms. The predicted molar refractivity (Wildman–Crippen MR) is 123 cm³/mol. The van der Waals surface area contributed by atoms with Crippen LogP contribution in [0.1, 0.15) is 75.0 Å². The maximum atomic E-state index is 13.3. The van der Waals surface area contributed by atoms with Crippen molar-refractivity contribution in [1.82, 2.24) is 0 Å². The molecular formula is C27H28O3. The molecule has 154 valence electrons. The van der Waals surface area contributed by atoms with Crippen LogP contribution in [0.5, 0.6) is 0 Å². The number of Topliss-reactive ketones (excluding diaryl/α,β-unsaturated/α-hetero) is 2. The highest BCUT2D eigenvalue weighted by atomic mass is 16.1. The fourth-order valence-corrected chi connectivity index (χ4v) is 4.38. The molecule has 0 heterocycles. The number of aldehydes is 1. The minimum Gasteiger partial charge on any atom is -0.298 e. The number of benzene rings is 3. The lowest BCUT2D eigenvalue weighted by Gasteiger charge is -2.20. The molecular weight excluding hydrogens is 372 g/mol. The molecule has 0 bridgehead atoms. The van der Waals surface area contributed by atoms with Crippen LogP contribution in [0.25, 0.3) is 21.9 Å². The van der Waals surface area contributed by atoms with Crippen molar-refractivity contribution in [1.29, 1.82) is 0 Å². The number of carbonyl (C=O) groups is 3. The second kappa shape index (κ2) is 8.35. The summed E-state index contributed by atoms with van der Waals surface area (Å²) in [6.07, 6.45) is 1.49. The van der Waals surface area contributed by atoms with Gasteiger partial charge in [-0.05, 0) is 56.4 Å². The molecule has 0 amide bonds. The Kier molecular flexibility index (Phi) is 6.02. The molecule has 0 spiro atoms.